The largest absolute Gasteiger partial charge is 0.308 e. The van der Waals surface area contributed by atoms with E-state index in [4.69, 9.17) is 5.10 Å². The Morgan fingerprint density at radius 1 is 1.33 bits per heavy atom. The summed E-state index contributed by atoms with van der Waals surface area (Å²) in [5.41, 5.74) is -0.0283. The van der Waals surface area contributed by atoms with Gasteiger partial charge >= 0.3 is 0 Å². The molecule has 2 atom stereocenters. The second kappa shape index (κ2) is 3.99. The van der Waals surface area contributed by atoms with Gasteiger partial charge < -0.3 is 5.32 Å². The number of nitrogens with one attached hydrogen (secondary N) is 1. The molecule has 0 spiro atoms. The van der Waals surface area contributed by atoms with Crippen LogP contribution in [0.15, 0.2) is 0 Å². The maximum absolute atomic E-state index is 4.72. The van der Waals surface area contributed by atoms with Crippen LogP contribution in [0.2, 0.25) is 0 Å². The first-order valence-corrected chi connectivity index (χ1v) is 7.24. The third-order valence-electron chi connectivity index (χ3n) is 3.48. The zero-order valence-corrected chi connectivity index (χ0v) is 12.1. The Morgan fingerprint density at radius 2 is 2.11 bits per heavy atom. The van der Waals surface area contributed by atoms with Gasteiger partial charge in [-0.15, -0.1) is 10.2 Å². The van der Waals surface area contributed by atoms with Gasteiger partial charge in [0.05, 0.1) is 6.04 Å². The predicted octanol–water partition coefficient (Wildman–Crippen LogP) is 2.15. The van der Waals surface area contributed by atoms with E-state index >= 15 is 0 Å². The van der Waals surface area contributed by atoms with Crippen molar-refractivity contribution in [3.8, 4) is 0 Å². The summed E-state index contributed by atoms with van der Waals surface area (Å²) < 4.78 is 1.91. The Kier molecular flexibility index (Phi) is 2.67. The van der Waals surface area contributed by atoms with E-state index in [9.17, 15) is 0 Å². The quantitative estimate of drug-likeness (QED) is 0.858. The van der Waals surface area contributed by atoms with Crippen molar-refractivity contribution >= 4 is 16.3 Å². The molecular formula is C12H19N5S. The van der Waals surface area contributed by atoms with Crippen molar-refractivity contribution in [2.75, 3.05) is 6.54 Å². The Balaban J connectivity index is 2.04. The molecule has 1 N–H and O–H groups in total. The smallest absolute Gasteiger partial charge is 0.234 e. The fourth-order valence-electron chi connectivity index (χ4n) is 2.39. The fourth-order valence-corrected chi connectivity index (χ4v) is 3.44. The summed E-state index contributed by atoms with van der Waals surface area (Å²) in [7, 11) is 0. The van der Waals surface area contributed by atoms with Crippen LogP contribution in [-0.2, 0) is 5.41 Å². The molecule has 98 valence electrons. The first-order chi connectivity index (χ1) is 8.47. The first kappa shape index (κ1) is 12.0. The average Bonchev–Trinajstić information content (AvgIpc) is 2.87. The van der Waals surface area contributed by atoms with Crippen LogP contribution in [0.4, 0.5) is 0 Å². The van der Waals surface area contributed by atoms with Crippen LogP contribution in [0.25, 0.3) is 4.96 Å². The zero-order valence-electron chi connectivity index (χ0n) is 11.3. The minimum absolute atomic E-state index is 0.0283. The summed E-state index contributed by atoms with van der Waals surface area (Å²) in [5, 5.41) is 17.9. The molecule has 0 radical (unpaired) electrons. The van der Waals surface area contributed by atoms with Gasteiger partial charge in [0.25, 0.3) is 0 Å². The molecule has 0 aliphatic carbocycles. The molecule has 1 aliphatic rings. The summed E-state index contributed by atoms with van der Waals surface area (Å²) in [6.45, 7) is 9.77. The third-order valence-corrected chi connectivity index (χ3v) is 4.46. The minimum Gasteiger partial charge on any atom is -0.308 e. The van der Waals surface area contributed by atoms with E-state index in [-0.39, 0.29) is 5.41 Å². The molecule has 0 bridgehead atoms. The molecule has 0 aromatic carbocycles. The van der Waals surface area contributed by atoms with Crippen molar-refractivity contribution in [3.63, 3.8) is 0 Å². The molecule has 1 saturated heterocycles. The highest BCUT2D eigenvalue weighted by Crippen LogP contribution is 2.32. The Morgan fingerprint density at radius 3 is 2.72 bits per heavy atom. The van der Waals surface area contributed by atoms with E-state index in [0.29, 0.717) is 12.0 Å². The Labute approximate surface area is 111 Å². The fraction of sp³-hybridized carbons (Fsp3) is 0.750. The highest BCUT2D eigenvalue weighted by molar-refractivity contribution is 7.16. The van der Waals surface area contributed by atoms with Crippen LogP contribution in [0.5, 0.6) is 0 Å². The van der Waals surface area contributed by atoms with Crippen LogP contribution in [0.3, 0.4) is 0 Å². The van der Waals surface area contributed by atoms with E-state index < -0.39 is 0 Å². The third kappa shape index (κ3) is 1.83. The van der Waals surface area contributed by atoms with Crippen molar-refractivity contribution < 1.29 is 0 Å². The van der Waals surface area contributed by atoms with Crippen LogP contribution >= 0.6 is 11.3 Å². The summed E-state index contributed by atoms with van der Waals surface area (Å²) >= 11 is 1.65. The van der Waals surface area contributed by atoms with Crippen molar-refractivity contribution in [1.29, 1.82) is 0 Å². The minimum atomic E-state index is -0.0283. The summed E-state index contributed by atoms with van der Waals surface area (Å²) in [4.78, 5) is 0.899. The molecule has 3 heterocycles. The lowest BCUT2D eigenvalue weighted by atomic mass is 9.96. The number of hydrogen-bond donors (Lipinski definition) is 1. The number of fused-ring (bicyclic) bond motifs is 1. The van der Waals surface area contributed by atoms with Crippen molar-refractivity contribution in [2.24, 2.45) is 5.92 Å². The molecule has 1 aliphatic heterocycles. The van der Waals surface area contributed by atoms with Gasteiger partial charge in [0.2, 0.25) is 4.96 Å². The molecule has 6 heteroatoms. The number of rotatable bonds is 1. The lowest BCUT2D eigenvalue weighted by molar-refractivity contribution is 0.487. The maximum atomic E-state index is 4.72. The second-order valence-electron chi connectivity index (χ2n) is 6.11. The zero-order chi connectivity index (χ0) is 12.9. The molecule has 3 rings (SSSR count). The van der Waals surface area contributed by atoms with Gasteiger partial charge in [-0.25, -0.2) is 0 Å². The molecule has 2 aromatic rings. The molecule has 0 saturated carbocycles. The lowest BCUT2D eigenvalue weighted by Crippen LogP contribution is -2.19. The van der Waals surface area contributed by atoms with E-state index in [1.54, 1.807) is 11.3 Å². The molecule has 2 aromatic heterocycles. The predicted molar refractivity (Wildman–Crippen MR) is 71.9 cm³/mol. The molecule has 0 amide bonds. The van der Waals surface area contributed by atoms with Gasteiger partial charge in [0.15, 0.2) is 5.82 Å². The molecular weight excluding hydrogens is 246 g/mol. The van der Waals surface area contributed by atoms with Crippen molar-refractivity contribution in [1.82, 2.24) is 25.1 Å². The van der Waals surface area contributed by atoms with Crippen molar-refractivity contribution in [2.45, 2.75) is 45.6 Å². The summed E-state index contributed by atoms with van der Waals surface area (Å²) in [6, 6.07) is 0.379. The normalized spacial score (nSPS) is 25.1. The van der Waals surface area contributed by atoms with Gasteiger partial charge in [-0.3, -0.25) is 0 Å². The van der Waals surface area contributed by atoms with E-state index in [1.165, 1.54) is 6.42 Å². The molecule has 2 unspecified atom stereocenters. The Bertz CT molecular complexity index is 565. The number of nitrogens with zero attached hydrogens (tertiary/aromatic N) is 4. The van der Waals surface area contributed by atoms with Gasteiger partial charge in [0, 0.05) is 5.41 Å². The van der Waals surface area contributed by atoms with Gasteiger partial charge in [-0.2, -0.15) is 9.61 Å². The maximum Gasteiger partial charge on any atom is 0.234 e. The lowest BCUT2D eigenvalue weighted by Gasteiger charge is -2.14. The van der Waals surface area contributed by atoms with Crippen molar-refractivity contribution in [3.05, 3.63) is 10.8 Å². The van der Waals surface area contributed by atoms with E-state index in [0.717, 1.165) is 22.3 Å². The average molecular weight is 265 g/mol. The Hall–Kier alpha value is -1.01. The number of aromatic nitrogens is 4. The highest BCUT2D eigenvalue weighted by Gasteiger charge is 2.30. The summed E-state index contributed by atoms with van der Waals surface area (Å²) in [5.74, 6) is 1.58. The van der Waals surface area contributed by atoms with E-state index in [1.807, 2.05) is 4.52 Å². The monoisotopic (exact) mass is 265 g/mol. The first-order valence-electron chi connectivity index (χ1n) is 6.43. The summed E-state index contributed by atoms with van der Waals surface area (Å²) in [6.07, 6.45) is 1.22. The standard InChI is InChI=1S/C12H19N5S/c1-7-5-6-13-8(7)9-16-17-10(12(2,3)4)14-15-11(17)18-9/h7-8,13H,5-6H2,1-4H3. The van der Waals surface area contributed by atoms with Crippen LogP contribution in [0.1, 0.15) is 51.0 Å². The molecule has 5 nitrogen and oxygen atoms in total. The highest BCUT2D eigenvalue weighted by atomic mass is 32.1. The second-order valence-corrected chi connectivity index (χ2v) is 7.09. The van der Waals surface area contributed by atoms with E-state index in [2.05, 4.69) is 43.2 Å². The SMILES string of the molecule is CC1CCNC1c1nn2c(C(C)(C)C)nnc2s1. The van der Waals surface area contributed by atoms with Gasteiger partial charge in [0.1, 0.15) is 5.01 Å². The van der Waals surface area contributed by atoms with Gasteiger partial charge in [-0.1, -0.05) is 39.0 Å². The number of hydrogen-bond acceptors (Lipinski definition) is 5. The topological polar surface area (TPSA) is 55.1 Å². The molecule has 18 heavy (non-hydrogen) atoms. The van der Waals surface area contributed by atoms with Crippen LogP contribution in [0, 0.1) is 5.92 Å². The van der Waals surface area contributed by atoms with Gasteiger partial charge in [-0.05, 0) is 18.9 Å². The van der Waals surface area contributed by atoms with Crippen LogP contribution in [-0.4, -0.2) is 26.4 Å². The molecule has 1 fully saturated rings. The van der Waals surface area contributed by atoms with Crippen LogP contribution < -0.4 is 5.32 Å².